The van der Waals surface area contributed by atoms with Gasteiger partial charge in [0.25, 0.3) is 0 Å². The Morgan fingerprint density at radius 2 is 1.89 bits per heavy atom. The third kappa shape index (κ3) is 6.36. The lowest BCUT2D eigenvalue weighted by atomic mass is 10.2. The summed E-state index contributed by atoms with van der Waals surface area (Å²) in [6.45, 7) is 5.51. The van der Waals surface area contributed by atoms with Gasteiger partial charge in [0, 0.05) is 30.8 Å². The molecule has 0 atom stereocenters. The molecule has 1 aromatic carbocycles. The Kier molecular flexibility index (Phi) is 8.26. The third-order valence-electron chi connectivity index (χ3n) is 4.44. The lowest BCUT2D eigenvalue weighted by Gasteiger charge is -2.11. The number of hydrogen-bond donors (Lipinski definition) is 2. The van der Waals surface area contributed by atoms with E-state index in [9.17, 15) is 4.79 Å². The van der Waals surface area contributed by atoms with Crippen LogP contribution in [0.4, 0.5) is 0 Å². The maximum absolute atomic E-state index is 11.0. The molecule has 0 aliphatic carbocycles. The molecule has 6 nitrogen and oxygen atoms in total. The van der Waals surface area contributed by atoms with E-state index in [0.717, 1.165) is 48.4 Å². The number of aromatic nitrogens is 2. The monoisotopic (exact) mass is 388 g/mol. The van der Waals surface area contributed by atoms with Gasteiger partial charge in [0.05, 0.1) is 18.5 Å². The number of nitrogens with one attached hydrogen (secondary N) is 2. The summed E-state index contributed by atoms with van der Waals surface area (Å²) in [5, 5.41) is 11.8. The Balaban J connectivity index is 1.76. The molecule has 0 saturated carbocycles. The predicted octanol–water partition coefficient (Wildman–Crippen LogP) is 3.19. The molecule has 0 aliphatic rings. The molecule has 1 aromatic heterocycles. The van der Waals surface area contributed by atoms with Crippen molar-refractivity contribution in [3.05, 3.63) is 47.3 Å². The van der Waals surface area contributed by atoms with Crippen LogP contribution < -0.4 is 10.6 Å². The number of hydrogen-bond acceptors (Lipinski definition) is 4. The fraction of sp³-hybridized carbons (Fsp3) is 0.450. The molecule has 0 fully saturated rings. The Labute approximate surface area is 166 Å². The molecule has 2 rings (SSSR count). The quantitative estimate of drug-likeness (QED) is 0.391. The molecule has 2 N–H and O–H groups in total. The van der Waals surface area contributed by atoms with Crippen molar-refractivity contribution < 1.29 is 9.53 Å². The minimum atomic E-state index is -0.151. The maximum atomic E-state index is 11.0. The molecule has 27 heavy (non-hydrogen) atoms. The number of ether oxygens (including phenoxy) is 1. The van der Waals surface area contributed by atoms with Crippen LogP contribution in [0.1, 0.15) is 42.6 Å². The summed E-state index contributed by atoms with van der Waals surface area (Å²) in [6.07, 6.45) is 3.24. The number of rotatable bonds is 9. The fourth-order valence-electron chi connectivity index (χ4n) is 2.86. The van der Waals surface area contributed by atoms with Crippen LogP contribution in [0, 0.1) is 13.8 Å². The zero-order valence-electron chi connectivity index (χ0n) is 16.2. The van der Waals surface area contributed by atoms with Gasteiger partial charge < -0.3 is 15.4 Å². The van der Waals surface area contributed by atoms with E-state index in [1.54, 1.807) is 0 Å². The molecule has 7 heteroatoms. The van der Waals surface area contributed by atoms with Crippen LogP contribution in [-0.4, -0.2) is 34.5 Å². The van der Waals surface area contributed by atoms with E-state index < -0.39 is 0 Å². The van der Waals surface area contributed by atoms with Crippen LogP contribution in [0.15, 0.2) is 30.3 Å². The van der Waals surface area contributed by atoms with Crippen LogP contribution in [0.3, 0.4) is 0 Å². The van der Waals surface area contributed by atoms with Gasteiger partial charge >= 0.3 is 5.97 Å². The van der Waals surface area contributed by atoms with Crippen LogP contribution in [0.2, 0.25) is 0 Å². The smallest absolute Gasteiger partial charge is 0.305 e. The van der Waals surface area contributed by atoms with Crippen molar-refractivity contribution in [2.75, 3.05) is 13.7 Å². The molecule has 0 bridgehead atoms. The van der Waals surface area contributed by atoms with Crippen molar-refractivity contribution in [2.24, 2.45) is 0 Å². The lowest BCUT2D eigenvalue weighted by Crippen LogP contribution is -2.35. The minimum Gasteiger partial charge on any atom is -0.469 e. The van der Waals surface area contributed by atoms with Gasteiger partial charge in [-0.3, -0.25) is 4.79 Å². The Hall–Kier alpha value is -2.41. The summed E-state index contributed by atoms with van der Waals surface area (Å²) in [5.41, 5.74) is 4.31. The van der Waals surface area contributed by atoms with E-state index >= 15 is 0 Å². The van der Waals surface area contributed by atoms with Crippen LogP contribution in [0.5, 0.6) is 0 Å². The summed E-state index contributed by atoms with van der Waals surface area (Å²) >= 11 is 5.35. The molecule has 0 aliphatic heterocycles. The molecule has 0 unspecified atom stereocenters. The first-order valence-electron chi connectivity index (χ1n) is 9.22. The van der Waals surface area contributed by atoms with Crippen molar-refractivity contribution in [1.29, 1.82) is 0 Å². The van der Waals surface area contributed by atoms with Crippen molar-refractivity contribution >= 4 is 23.3 Å². The van der Waals surface area contributed by atoms with Gasteiger partial charge in [-0.05, 0) is 51.0 Å². The van der Waals surface area contributed by atoms with Gasteiger partial charge in [-0.2, -0.15) is 5.10 Å². The fourth-order valence-corrected chi connectivity index (χ4v) is 3.03. The zero-order chi connectivity index (χ0) is 19.6. The van der Waals surface area contributed by atoms with Gasteiger partial charge in [0.2, 0.25) is 0 Å². The summed E-state index contributed by atoms with van der Waals surface area (Å²) < 4.78 is 6.59. The normalized spacial score (nSPS) is 10.5. The first kappa shape index (κ1) is 20.9. The molecule has 0 spiro atoms. The van der Waals surface area contributed by atoms with Crippen molar-refractivity contribution in [2.45, 2.75) is 46.1 Å². The zero-order valence-corrected chi connectivity index (χ0v) is 17.1. The highest BCUT2D eigenvalue weighted by molar-refractivity contribution is 7.80. The Morgan fingerprint density at radius 1 is 1.15 bits per heavy atom. The number of nitrogens with zero attached hydrogens (tertiary/aromatic N) is 2. The molecule has 0 radical (unpaired) electrons. The summed E-state index contributed by atoms with van der Waals surface area (Å²) in [4.78, 5) is 11.0. The number of para-hydroxylation sites is 1. The third-order valence-corrected chi connectivity index (χ3v) is 4.73. The molecular formula is C20H28N4O2S. The number of benzene rings is 1. The van der Waals surface area contributed by atoms with E-state index in [1.165, 1.54) is 7.11 Å². The van der Waals surface area contributed by atoms with Crippen LogP contribution in [-0.2, 0) is 16.1 Å². The number of unbranched alkanes of at least 4 members (excludes halogenated alkanes) is 2. The van der Waals surface area contributed by atoms with Gasteiger partial charge in [0.15, 0.2) is 5.11 Å². The number of aryl methyl sites for hydroxylation is 1. The van der Waals surface area contributed by atoms with E-state index in [0.29, 0.717) is 18.1 Å². The summed E-state index contributed by atoms with van der Waals surface area (Å²) in [6, 6.07) is 10.1. The highest BCUT2D eigenvalue weighted by Gasteiger charge is 2.12. The first-order chi connectivity index (χ1) is 13.0. The Morgan fingerprint density at radius 3 is 2.59 bits per heavy atom. The highest BCUT2D eigenvalue weighted by atomic mass is 32.1. The SMILES string of the molecule is COC(=O)CCCCCNC(=S)NCc1c(C)nn(-c2ccccc2)c1C. The second kappa shape index (κ2) is 10.7. The van der Waals surface area contributed by atoms with E-state index in [4.69, 9.17) is 12.2 Å². The average Bonchev–Trinajstić information content (AvgIpc) is 2.97. The summed E-state index contributed by atoms with van der Waals surface area (Å²) in [7, 11) is 1.42. The van der Waals surface area contributed by atoms with Crippen molar-refractivity contribution in [1.82, 2.24) is 20.4 Å². The second-order valence-electron chi connectivity index (χ2n) is 6.39. The second-order valence-corrected chi connectivity index (χ2v) is 6.80. The van der Waals surface area contributed by atoms with E-state index in [2.05, 4.69) is 27.4 Å². The molecule has 0 saturated heterocycles. The van der Waals surface area contributed by atoms with Crippen molar-refractivity contribution in [3.63, 3.8) is 0 Å². The molecule has 1 heterocycles. The van der Waals surface area contributed by atoms with Crippen molar-refractivity contribution in [3.8, 4) is 5.69 Å². The van der Waals surface area contributed by atoms with Gasteiger partial charge in [-0.1, -0.05) is 24.6 Å². The average molecular weight is 389 g/mol. The topological polar surface area (TPSA) is 68.2 Å². The minimum absolute atomic E-state index is 0.151. The van der Waals surface area contributed by atoms with Crippen LogP contribution in [0.25, 0.3) is 5.69 Å². The predicted molar refractivity (Wildman–Crippen MR) is 111 cm³/mol. The van der Waals surface area contributed by atoms with Gasteiger partial charge in [-0.15, -0.1) is 0 Å². The van der Waals surface area contributed by atoms with Gasteiger partial charge in [0.1, 0.15) is 0 Å². The Bertz CT molecular complexity index is 759. The number of carbonyl (C=O) groups excluding carboxylic acids is 1. The standard InChI is InChI=1S/C20H28N4O2S/c1-15-18(16(2)24(23-15)17-10-6-4-7-11-17)14-22-20(27)21-13-9-5-8-12-19(25)26-3/h4,6-7,10-11H,5,8-9,12-14H2,1-3H3,(H2,21,22,27). The van der Waals surface area contributed by atoms with E-state index in [1.807, 2.05) is 41.9 Å². The number of thiocarbonyl (C=S) groups is 1. The molecule has 2 aromatic rings. The number of methoxy groups -OCH3 is 1. The largest absolute Gasteiger partial charge is 0.469 e. The number of esters is 1. The van der Waals surface area contributed by atoms with Gasteiger partial charge in [-0.25, -0.2) is 4.68 Å². The number of carbonyl (C=O) groups is 1. The van der Waals surface area contributed by atoms with E-state index in [-0.39, 0.29) is 5.97 Å². The molecular weight excluding hydrogens is 360 g/mol. The lowest BCUT2D eigenvalue weighted by molar-refractivity contribution is -0.140. The summed E-state index contributed by atoms with van der Waals surface area (Å²) in [5.74, 6) is -0.151. The molecule has 146 valence electrons. The van der Waals surface area contributed by atoms with Crippen LogP contribution >= 0.6 is 12.2 Å². The highest BCUT2D eigenvalue weighted by Crippen LogP contribution is 2.17. The first-order valence-corrected chi connectivity index (χ1v) is 9.62. The molecule has 0 amide bonds. The maximum Gasteiger partial charge on any atom is 0.305 e.